The monoisotopic (exact) mass is 389 g/mol. The van der Waals surface area contributed by atoms with Crippen molar-refractivity contribution in [2.45, 2.75) is 46.8 Å². The summed E-state index contributed by atoms with van der Waals surface area (Å²) in [5.41, 5.74) is 1.40. The Labute approximate surface area is 164 Å². The largest absolute Gasteiger partial charge is 0.367 e. The maximum atomic E-state index is 12.6. The fraction of sp³-hybridized carbons (Fsp3) is 0.450. The van der Waals surface area contributed by atoms with Crippen LogP contribution in [0, 0.1) is 13.8 Å². The highest BCUT2D eigenvalue weighted by molar-refractivity contribution is 7.15. The average Bonchev–Trinajstić information content (AvgIpc) is 2.90. The van der Waals surface area contributed by atoms with Gasteiger partial charge < -0.3 is 15.0 Å². The number of aryl methyl sites for hydroxylation is 2. The smallest absolute Gasteiger partial charge is 0.249 e. The minimum atomic E-state index is -0.501. The van der Waals surface area contributed by atoms with Crippen LogP contribution in [0.4, 0.5) is 5.13 Å². The van der Waals surface area contributed by atoms with E-state index in [0.29, 0.717) is 11.7 Å². The summed E-state index contributed by atoms with van der Waals surface area (Å²) in [7, 11) is 0. The number of benzene rings is 1. The van der Waals surface area contributed by atoms with Crippen molar-refractivity contribution in [2.75, 3.05) is 18.5 Å². The van der Waals surface area contributed by atoms with Gasteiger partial charge >= 0.3 is 0 Å². The van der Waals surface area contributed by atoms with E-state index in [1.165, 1.54) is 16.2 Å². The van der Waals surface area contributed by atoms with Gasteiger partial charge in [0.05, 0.1) is 12.3 Å². The lowest BCUT2D eigenvalue weighted by Gasteiger charge is -2.35. The van der Waals surface area contributed by atoms with Crippen LogP contribution in [0.2, 0.25) is 0 Å². The number of carbonyl (C=O) groups excluding carboxylic acids is 2. The van der Waals surface area contributed by atoms with E-state index in [0.717, 1.165) is 16.1 Å². The van der Waals surface area contributed by atoms with Crippen molar-refractivity contribution in [1.29, 1.82) is 0 Å². The van der Waals surface area contributed by atoms with Gasteiger partial charge in [-0.15, -0.1) is 11.3 Å². The van der Waals surface area contributed by atoms with Crippen LogP contribution < -0.4 is 5.32 Å². The van der Waals surface area contributed by atoms with E-state index in [1.807, 2.05) is 65.0 Å². The molecule has 0 saturated heterocycles. The van der Waals surface area contributed by atoms with Gasteiger partial charge in [0.2, 0.25) is 11.8 Å². The molecule has 1 aromatic heterocycles. The Morgan fingerprint density at radius 3 is 2.41 bits per heavy atom. The Hall–Kier alpha value is -2.25. The molecule has 146 valence electrons. The molecule has 7 heteroatoms. The zero-order chi connectivity index (χ0) is 20.0. The zero-order valence-corrected chi connectivity index (χ0v) is 17.4. The topological polar surface area (TPSA) is 71.5 Å². The molecule has 1 heterocycles. The van der Waals surface area contributed by atoms with Gasteiger partial charge in [0, 0.05) is 10.4 Å². The lowest BCUT2D eigenvalue weighted by atomic mass is 10.1. The molecule has 2 rings (SSSR count). The van der Waals surface area contributed by atoms with E-state index in [1.54, 1.807) is 0 Å². The maximum absolute atomic E-state index is 12.6. The van der Waals surface area contributed by atoms with Gasteiger partial charge in [-0.2, -0.15) is 0 Å². The molecule has 0 radical (unpaired) electrons. The Kier molecular flexibility index (Phi) is 7.10. The van der Waals surface area contributed by atoms with Gasteiger partial charge in [-0.05, 0) is 40.2 Å². The first kappa shape index (κ1) is 21.1. The van der Waals surface area contributed by atoms with Gasteiger partial charge in [-0.3, -0.25) is 9.59 Å². The normalized spacial score (nSPS) is 11.3. The number of amides is 2. The molecule has 2 aromatic rings. The standard InChI is InChI=1S/C20H27N3O3S/c1-14-15(2)27-19(21-14)22-17(24)11-23(20(3,4)5)18(25)13-26-12-16-9-7-6-8-10-16/h6-10H,11-13H2,1-5H3,(H,21,22,24). The summed E-state index contributed by atoms with van der Waals surface area (Å²) in [4.78, 5) is 31.9. The number of hydrogen-bond acceptors (Lipinski definition) is 5. The second kappa shape index (κ2) is 9.10. The van der Waals surface area contributed by atoms with E-state index in [9.17, 15) is 9.59 Å². The first-order valence-corrected chi connectivity index (χ1v) is 9.64. The number of carbonyl (C=O) groups is 2. The molecule has 0 bridgehead atoms. The van der Waals surface area contributed by atoms with Crippen molar-refractivity contribution in [3.63, 3.8) is 0 Å². The fourth-order valence-corrected chi connectivity index (χ4v) is 3.27. The van der Waals surface area contributed by atoms with Gasteiger partial charge in [-0.1, -0.05) is 30.3 Å². The van der Waals surface area contributed by atoms with Crippen LogP contribution in [0.15, 0.2) is 30.3 Å². The van der Waals surface area contributed by atoms with Crippen LogP contribution in [0.5, 0.6) is 0 Å². The average molecular weight is 390 g/mol. The Bertz CT molecular complexity index is 762. The molecule has 0 atom stereocenters. The summed E-state index contributed by atoms with van der Waals surface area (Å²) in [5, 5.41) is 3.33. The zero-order valence-electron chi connectivity index (χ0n) is 16.5. The Morgan fingerprint density at radius 1 is 1.19 bits per heavy atom. The van der Waals surface area contributed by atoms with Crippen molar-refractivity contribution in [3.05, 3.63) is 46.5 Å². The summed E-state index contributed by atoms with van der Waals surface area (Å²) in [6, 6.07) is 9.66. The van der Waals surface area contributed by atoms with Gasteiger partial charge in [0.15, 0.2) is 5.13 Å². The molecule has 0 aliphatic carbocycles. The van der Waals surface area contributed by atoms with E-state index in [2.05, 4.69) is 10.3 Å². The van der Waals surface area contributed by atoms with E-state index in [-0.39, 0.29) is 25.0 Å². The quantitative estimate of drug-likeness (QED) is 0.786. The van der Waals surface area contributed by atoms with Crippen LogP contribution in [-0.2, 0) is 20.9 Å². The molecule has 0 aliphatic rings. The van der Waals surface area contributed by atoms with E-state index < -0.39 is 5.54 Å². The minimum absolute atomic E-state index is 0.0469. The highest BCUT2D eigenvalue weighted by atomic mass is 32.1. The fourth-order valence-electron chi connectivity index (χ4n) is 2.44. The van der Waals surface area contributed by atoms with Crippen molar-refractivity contribution >= 4 is 28.3 Å². The number of anilines is 1. The lowest BCUT2D eigenvalue weighted by Crippen LogP contribution is -2.50. The van der Waals surface area contributed by atoms with Crippen molar-refractivity contribution in [3.8, 4) is 0 Å². The molecule has 1 N–H and O–H groups in total. The van der Waals surface area contributed by atoms with Crippen LogP contribution in [-0.4, -0.2) is 40.4 Å². The second-order valence-corrected chi connectivity index (χ2v) is 8.54. The molecule has 0 saturated carbocycles. The number of nitrogens with zero attached hydrogens (tertiary/aromatic N) is 2. The summed E-state index contributed by atoms with van der Waals surface area (Å²) in [6.45, 7) is 9.78. The molecule has 2 amide bonds. The molecular formula is C20H27N3O3S. The van der Waals surface area contributed by atoms with Gasteiger partial charge in [0.25, 0.3) is 0 Å². The number of aromatic nitrogens is 1. The molecule has 0 spiro atoms. The first-order chi connectivity index (χ1) is 12.7. The Morgan fingerprint density at radius 2 is 1.85 bits per heavy atom. The van der Waals surface area contributed by atoms with Crippen LogP contribution in [0.1, 0.15) is 36.9 Å². The highest BCUT2D eigenvalue weighted by Gasteiger charge is 2.28. The van der Waals surface area contributed by atoms with Crippen molar-refractivity contribution < 1.29 is 14.3 Å². The molecule has 6 nitrogen and oxygen atoms in total. The predicted molar refractivity (Wildman–Crippen MR) is 108 cm³/mol. The number of ether oxygens (including phenoxy) is 1. The highest BCUT2D eigenvalue weighted by Crippen LogP contribution is 2.21. The summed E-state index contributed by atoms with van der Waals surface area (Å²) in [5.74, 6) is -0.491. The first-order valence-electron chi connectivity index (χ1n) is 8.83. The third kappa shape index (κ3) is 6.45. The SMILES string of the molecule is Cc1nc(NC(=O)CN(C(=O)COCc2ccccc2)C(C)(C)C)sc1C. The lowest BCUT2D eigenvalue weighted by molar-refractivity contribution is -0.144. The van der Waals surface area contributed by atoms with Crippen LogP contribution in [0.25, 0.3) is 0 Å². The number of rotatable bonds is 7. The van der Waals surface area contributed by atoms with E-state index >= 15 is 0 Å². The summed E-state index contributed by atoms with van der Waals surface area (Å²) in [6.07, 6.45) is 0. The summed E-state index contributed by atoms with van der Waals surface area (Å²) >= 11 is 1.43. The van der Waals surface area contributed by atoms with Crippen LogP contribution >= 0.6 is 11.3 Å². The molecule has 1 aromatic carbocycles. The van der Waals surface area contributed by atoms with E-state index in [4.69, 9.17) is 4.74 Å². The molecule has 0 unspecified atom stereocenters. The number of thiazole rings is 1. The molecular weight excluding hydrogens is 362 g/mol. The third-order valence-electron chi connectivity index (χ3n) is 4.02. The van der Waals surface area contributed by atoms with Gasteiger partial charge in [-0.25, -0.2) is 4.98 Å². The summed E-state index contributed by atoms with van der Waals surface area (Å²) < 4.78 is 5.54. The Balaban J connectivity index is 1.93. The molecule has 0 fully saturated rings. The number of nitrogens with one attached hydrogen (secondary N) is 1. The minimum Gasteiger partial charge on any atom is -0.367 e. The van der Waals surface area contributed by atoms with Gasteiger partial charge in [0.1, 0.15) is 13.2 Å². The van der Waals surface area contributed by atoms with Crippen LogP contribution in [0.3, 0.4) is 0 Å². The second-order valence-electron chi connectivity index (χ2n) is 7.34. The maximum Gasteiger partial charge on any atom is 0.249 e. The number of hydrogen-bond donors (Lipinski definition) is 1. The predicted octanol–water partition coefficient (Wildman–Crippen LogP) is 3.54. The van der Waals surface area contributed by atoms with Crippen molar-refractivity contribution in [2.24, 2.45) is 0 Å². The third-order valence-corrected chi connectivity index (χ3v) is 5.01. The molecule has 27 heavy (non-hydrogen) atoms. The molecule has 0 aliphatic heterocycles. The van der Waals surface area contributed by atoms with Crippen molar-refractivity contribution in [1.82, 2.24) is 9.88 Å².